The second kappa shape index (κ2) is 3.29. The summed E-state index contributed by atoms with van der Waals surface area (Å²) in [5.74, 6) is -1.28. The molecule has 1 unspecified atom stereocenters. The highest BCUT2D eigenvalue weighted by atomic mass is 16.4. The first kappa shape index (κ1) is 9.54. The quantitative estimate of drug-likeness (QED) is 0.590. The van der Waals surface area contributed by atoms with Crippen LogP contribution in [0.3, 0.4) is 0 Å². The molecular weight excluding hydrogens is 198 g/mol. The highest BCUT2D eigenvalue weighted by Gasteiger charge is 2.18. The molecule has 0 spiro atoms. The van der Waals surface area contributed by atoms with Crippen LogP contribution in [0.4, 0.5) is 0 Å². The van der Waals surface area contributed by atoms with Gasteiger partial charge in [0, 0.05) is 10.9 Å². The van der Waals surface area contributed by atoms with E-state index >= 15 is 0 Å². The molecule has 0 bridgehead atoms. The number of aromatic amines is 1. The van der Waals surface area contributed by atoms with Crippen LogP contribution < -0.4 is 0 Å². The Morgan fingerprint density at radius 1 is 1.40 bits per heavy atom. The van der Waals surface area contributed by atoms with Gasteiger partial charge in [-0.05, 0) is 18.2 Å². The molecule has 0 radical (unpaired) electrons. The van der Waals surface area contributed by atoms with E-state index in [1.165, 1.54) is 12.1 Å². The number of phenols is 1. The Morgan fingerprint density at radius 3 is 2.73 bits per heavy atom. The zero-order valence-electron chi connectivity index (χ0n) is 7.64. The minimum absolute atomic E-state index is 0.0487. The van der Waals surface area contributed by atoms with Gasteiger partial charge in [-0.25, -0.2) is 4.79 Å². The molecule has 1 heterocycles. The minimum atomic E-state index is -1.60. The summed E-state index contributed by atoms with van der Waals surface area (Å²) in [7, 11) is 0. The molecule has 78 valence electrons. The maximum absolute atomic E-state index is 10.5. The van der Waals surface area contributed by atoms with E-state index in [9.17, 15) is 15.0 Å². The van der Waals surface area contributed by atoms with Crippen LogP contribution in [0.15, 0.2) is 24.3 Å². The van der Waals surface area contributed by atoms with Gasteiger partial charge in [0.2, 0.25) is 0 Å². The van der Waals surface area contributed by atoms with Crippen molar-refractivity contribution in [3.8, 4) is 5.75 Å². The van der Waals surface area contributed by atoms with E-state index < -0.39 is 12.1 Å². The number of aliphatic hydroxyl groups is 1. The zero-order chi connectivity index (χ0) is 11.0. The number of H-pyrrole nitrogens is 1. The van der Waals surface area contributed by atoms with Crippen LogP contribution >= 0.6 is 0 Å². The average Bonchev–Trinajstić information content (AvgIpc) is 2.61. The van der Waals surface area contributed by atoms with Gasteiger partial charge in [0.1, 0.15) is 5.75 Å². The normalized spacial score (nSPS) is 12.9. The highest BCUT2D eigenvalue weighted by molar-refractivity contribution is 5.87. The SMILES string of the molecule is O=C(O)C(O)c1cc2c(O)cccc2[nH]1. The van der Waals surface area contributed by atoms with Gasteiger partial charge >= 0.3 is 5.97 Å². The number of carboxylic acids is 1. The maximum Gasteiger partial charge on any atom is 0.338 e. The van der Waals surface area contributed by atoms with E-state index in [-0.39, 0.29) is 11.4 Å². The lowest BCUT2D eigenvalue weighted by Gasteiger charge is -2.00. The average molecular weight is 207 g/mol. The summed E-state index contributed by atoms with van der Waals surface area (Å²) in [6.07, 6.45) is -1.60. The summed E-state index contributed by atoms with van der Waals surface area (Å²) in [5.41, 5.74) is 0.740. The van der Waals surface area contributed by atoms with E-state index in [0.29, 0.717) is 10.9 Å². The Bertz CT molecular complexity index is 517. The second-order valence-electron chi connectivity index (χ2n) is 3.20. The molecule has 0 saturated carbocycles. The number of aromatic hydroxyl groups is 1. The predicted octanol–water partition coefficient (Wildman–Crippen LogP) is 0.991. The molecule has 5 nitrogen and oxygen atoms in total. The number of aliphatic hydroxyl groups excluding tert-OH is 1. The smallest absolute Gasteiger partial charge is 0.338 e. The summed E-state index contributed by atoms with van der Waals surface area (Å²) in [5, 5.41) is 27.8. The maximum atomic E-state index is 10.5. The van der Waals surface area contributed by atoms with Gasteiger partial charge in [0.05, 0.1) is 5.69 Å². The minimum Gasteiger partial charge on any atom is -0.507 e. The molecule has 2 rings (SSSR count). The lowest BCUT2D eigenvalue weighted by molar-refractivity contribution is -0.147. The summed E-state index contributed by atoms with van der Waals surface area (Å²) in [4.78, 5) is 13.3. The Labute approximate surface area is 84.6 Å². The molecule has 15 heavy (non-hydrogen) atoms. The molecule has 0 aliphatic carbocycles. The van der Waals surface area contributed by atoms with Crippen LogP contribution in [-0.2, 0) is 4.79 Å². The number of aromatic nitrogens is 1. The Morgan fingerprint density at radius 2 is 2.13 bits per heavy atom. The largest absolute Gasteiger partial charge is 0.507 e. The first-order chi connectivity index (χ1) is 7.09. The number of phenolic OH excluding ortho intramolecular Hbond substituents is 1. The number of nitrogens with one attached hydrogen (secondary N) is 1. The zero-order valence-corrected chi connectivity index (χ0v) is 7.64. The number of carboxylic acid groups (broad SMARTS) is 1. The summed E-state index contributed by atoms with van der Waals surface area (Å²) in [6, 6.07) is 6.23. The monoisotopic (exact) mass is 207 g/mol. The summed E-state index contributed by atoms with van der Waals surface area (Å²) >= 11 is 0. The Kier molecular flexibility index (Phi) is 2.09. The molecular formula is C10H9NO4. The molecule has 0 aliphatic rings. The van der Waals surface area contributed by atoms with Gasteiger partial charge in [-0.15, -0.1) is 0 Å². The molecule has 1 aromatic carbocycles. The van der Waals surface area contributed by atoms with Gasteiger partial charge in [0.15, 0.2) is 6.10 Å². The molecule has 0 amide bonds. The fourth-order valence-electron chi connectivity index (χ4n) is 1.44. The first-order valence-corrected chi connectivity index (χ1v) is 4.31. The molecule has 0 fully saturated rings. The number of benzene rings is 1. The molecule has 0 aliphatic heterocycles. The van der Waals surface area contributed by atoms with Crippen molar-refractivity contribution < 1.29 is 20.1 Å². The van der Waals surface area contributed by atoms with Gasteiger partial charge in [0.25, 0.3) is 0 Å². The van der Waals surface area contributed by atoms with Crippen LogP contribution in [0.1, 0.15) is 11.8 Å². The highest BCUT2D eigenvalue weighted by Crippen LogP contribution is 2.27. The van der Waals surface area contributed by atoms with Gasteiger partial charge in [-0.1, -0.05) is 6.07 Å². The Balaban J connectivity index is 2.56. The standard InChI is InChI=1S/C10H9NO4/c12-8-3-1-2-6-5(8)4-7(11-6)9(13)10(14)15/h1-4,9,11-13H,(H,14,15). The van der Waals surface area contributed by atoms with Crippen LogP contribution in [0.25, 0.3) is 10.9 Å². The van der Waals surface area contributed by atoms with Crippen molar-refractivity contribution in [1.82, 2.24) is 4.98 Å². The molecule has 2 aromatic rings. The molecule has 1 aromatic heterocycles. The van der Waals surface area contributed by atoms with Crippen LogP contribution in [0.5, 0.6) is 5.75 Å². The molecule has 4 N–H and O–H groups in total. The predicted molar refractivity (Wildman–Crippen MR) is 52.6 cm³/mol. The topological polar surface area (TPSA) is 93.6 Å². The second-order valence-corrected chi connectivity index (χ2v) is 3.20. The van der Waals surface area contributed by atoms with Gasteiger partial charge < -0.3 is 20.3 Å². The van der Waals surface area contributed by atoms with E-state index in [1.54, 1.807) is 12.1 Å². The van der Waals surface area contributed by atoms with Crippen molar-refractivity contribution in [2.75, 3.05) is 0 Å². The lowest BCUT2D eigenvalue weighted by atomic mass is 10.2. The Hall–Kier alpha value is -2.01. The number of aliphatic carboxylic acids is 1. The first-order valence-electron chi connectivity index (χ1n) is 4.31. The third-order valence-corrected chi connectivity index (χ3v) is 2.19. The third kappa shape index (κ3) is 1.53. The lowest BCUT2D eigenvalue weighted by Crippen LogP contribution is -2.10. The fourth-order valence-corrected chi connectivity index (χ4v) is 1.44. The van der Waals surface area contributed by atoms with Crippen molar-refractivity contribution in [3.05, 3.63) is 30.0 Å². The van der Waals surface area contributed by atoms with Gasteiger partial charge in [-0.3, -0.25) is 0 Å². The number of fused-ring (bicyclic) bond motifs is 1. The van der Waals surface area contributed by atoms with Crippen LogP contribution in [0.2, 0.25) is 0 Å². The van der Waals surface area contributed by atoms with Crippen molar-refractivity contribution >= 4 is 16.9 Å². The number of carbonyl (C=O) groups is 1. The van der Waals surface area contributed by atoms with Crippen molar-refractivity contribution in [2.24, 2.45) is 0 Å². The van der Waals surface area contributed by atoms with E-state index in [2.05, 4.69) is 4.98 Å². The fraction of sp³-hybridized carbons (Fsp3) is 0.100. The van der Waals surface area contributed by atoms with Crippen molar-refractivity contribution in [3.63, 3.8) is 0 Å². The van der Waals surface area contributed by atoms with E-state index in [1.807, 2.05) is 0 Å². The number of hydrogen-bond acceptors (Lipinski definition) is 3. The molecule has 0 saturated heterocycles. The van der Waals surface area contributed by atoms with Crippen molar-refractivity contribution in [1.29, 1.82) is 0 Å². The van der Waals surface area contributed by atoms with Crippen LogP contribution in [0, 0.1) is 0 Å². The molecule has 5 heteroatoms. The van der Waals surface area contributed by atoms with E-state index in [0.717, 1.165) is 0 Å². The number of hydrogen-bond donors (Lipinski definition) is 4. The van der Waals surface area contributed by atoms with Crippen LogP contribution in [-0.4, -0.2) is 26.3 Å². The van der Waals surface area contributed by atoms with Crippen molar-refractivity contribution in [2.45, 2.75) is 6.10 Å². The van der Waals surface area contributed by atoms with Gasteiger partial charge in [-0.2, -0.15) is 0 Å². The third-order valence-electron chi connectivity index (χ3n) is 2.19. The molecule has 1 atom stereocenters. The summed E-state index contributed by atoms with van der Waals surface area (Å²) in [6.45, 7) is 0. The summed E-state index contributed by atoms with van der Waals surface area (Å²) < 4.78 is 0. The van der Waals surface area contributed by atoms with E-state index in [4.69, 9.17) is 5.11 Å². The number of rotatable bonds is 2.